The molecule has 18 heavy (non-hydrogen) atoms. The molecule has 0 aromatic heterocycles. The van der Waals surface area contributed by atoms with E-state index >= 15 is 0 Å². The van der Waals surface area contributed by atoms with Gasteiger partial charge in [-0.2, -0.15) is 0 Å². The number of carbonyl (C=O) groups excluding carboxylic acids is 1. The van der Waals surface area contributed by atoms with E-state index in [4.69, 9.17) is 4.74 Å². The van der Waals surface area contributed by atoms with Gasteiger partial charge in [-0.25, -0.2) is 4.79 Å². The summed E-state index contributed by atoms with van der Waals surface area (Å²) in [6, 6.07) is 7.92. The van der Waals surface area contributed by atoms with Crippen molar-refractivity contribution in [2.24, 2.45) is 0 Å². The molecule has 0 radical (unpaired) electrons. The van der Waals surface area contributed by atoms with Crippen LogP contribution in [0.4, 0.5) is 10.5 Å². The monoisotopic (exact) mass is 248 g/mol. The summed E-state index contributed by atoms with van der Waals surface area (Å²) in [5, 5.41) is 2.99. The van der Waals surface area contributed by atoms with E-state index in [0.717, 1.165) is 5.69 Å². The summed E-state index contributed by atoms with van der Waals surface area (Å²) >= 11 is 0. The maximum absolute atomic E-state index is 12.1. The molecule has 1 saturated heterocycles. The van der Waals surface area contributed by atoms with E-state index in [1.54, 1.807) is 4.90 Å². The minimum Gasteiger partial charge on any atom is -0.378 e. The van der Waals surface area contributed by atoms with Gasteiger partial charge in [0.15, 0.2) is 0 Å². The van der Waals surface area contributed by atoms with E-state index in [0.29, 0.717) is 32.2 Å². The fourth-order valence-corrected chi connectivity index (χ4v) is 2.08. The molecular formula is C14H20N2O2. The van der Waals surface area contributed by atoms with Crippen molar-refractivity contribution in [2.45, 2.75) is 19.8 Å². The van der Waals surface area contributed by atoms with E-state index in [1.165, 1.54) is 5.56 Å². The first kappa shape index (κ1) is 12.9. The number of urea groups is 1. The number of para-hydroxylation sites is 1. The average Bonchev–Trinajstić information content (AvgIpc) is 2.40. The second kappa shape index (κ2) is 5.87. The molecular weight excluding hydrogens is 228 g/mol. The summed E-state index contributed by atoms with van der Waals surface area (Å²) in [5.74, 6) is 0.395. The minimum absolute atomic E-state index is 0.0357. The van der Waals surface area contributed by atoms with Gasteiger partial charge in [-0.3, -0.25) is 0 Å². The van der Waals surface area contributed by atoms with Crippen LogP contribution in [0, 0.1) is 0 Å². The molecule has 1 aliphatic rings. The van der Waals surface area contributed by atoms with Gasteiger partial charge in [0.1, 0.15) is 0 Å². The Hall–Kier alpha value is -1.55. The van der Waals surface area contributed by atoms with Crippen molar-refractivity contribution in [1.29, 1.82) is 0 Å². The lowest BCUT2D eigenvalue weighted by atomic mass is 10.0. The zero-order valence-electron chi connectivity index (χ0n) is 11.0. The van der Waals surface area contributed by atoms with Gasteiger partial charge in [0.05, 0.1) is 13.2 Å². The fraction of sp³-hybridized carbons (Fsp3) is 0.500. The van der Waals surface area contributed by atoms with Gasteiger partial charge in [0.2, 0.25) is 0 Å². The highest BCUT2D eigenvalue weighted by molar-refractivity contribution is 5.90. The van der Waals surface area contributed by atoms with Crippen LogP contribution in [0.25, 0.3) is 0 Å². The standard InChI is InChI=1S/C14H20N2O2/c1-11(2)12-5-3-4-6-13(12)15-14(17)16-7-9-18-10-8-16/h3-6,11H,7-10H2,1-2H3,(H,15,17). The smallest absolute Gasteiger partial charge is 0.322 e. The van der Waals surface area contributed by atoms with Crippen molar-refractivity contribution in [3.8, 4) is 0 Å². The minimum atomic E-state index is -0.0357. The summed E-state index contributed by atoms with van der Waals surface area (Å²) in [6.07, 6.45) is 0. The van der Waals surface area contributed by atoms with Gasteiger partial charge in [0.25, 0.3) is 0 Å². The molecule has 0 spiro atoms. The molecule has 1 aromatic carbocycles. The molecule has 98 valence electrons. The number of anilines is 1. The number of amides is 2. The number of hydrogen-bond acceptors (Lipinski definition) is 2. The highest BCUT2D eigenvalue weighted by Crippen LogP contribution is 2.23. The molecule has 1 fully saturated rings. The molecule has 1 heterocycles. The number of morpholine rings is 1. The Kier molecular flexibility index (Phi) is 4.20. The van der Waals surface area contributed by atoms with Crippen LogP contribution in [0.1, 0.15) is 25.3 Å². The average molecular weight is 248 g/mol. The van der Waals surface area contributed by atoms with Crippen molar-refractivity contribution in [3.63, 3.8) is 0 Å². The van der Waals surface area contributed by atoms with E-state index in [2.05, 4.69) is 25.2 Å². The summed E-state index contributed by atoms with van der Waals surface area (Å²) < 4.78 is 5.24. The van der Waals surface area contributed by atoms with Crippen LogP contribution >= 0.6 is 0 Å². The lowest BCUT2D eigenvalue weighted by Crippen LogP contribution is -2.43. The summed E-state index contributed by atoms with van der Waals surface area (Å²) in [6.45, 7) is 6.82. The van der Waals surface area contributed by atoms with Gasteiger partial charge in [0, 0.05) is 18.8 Å². The van der Waals surface area contributed by atoms with Crippen molar-refractivity contribution in [2.75, 3.05) is 31.6 Å². The van der Waals surface area contributed by atoms with Crippen molar-refractivity contribution in [1.82, 2.24) is 4.90 Å². The first-order chi connectivity index (χ1) is 8.68. The number of nitrogens with zero attached hydrogens (tertiary/aromatic N) is 1. The Morgan fingerprint density at radius 3 is 2.61 bits per heavy atom. The summed E-state index contributed by atoms with van der Waals surface area (Å²) in [5.41, 5.74) is 2.07. The first-order valence-corrected chi connectivity index (χ1v) is 6.41. The van der Waals surface area contributed by atoms with Gasteiger partial charge in [-0.05, 0) is 17.5 Å². The molecule has 0 bridgehead atoms. The third-order valence-corrected chi connectivity index (χ3v) is 3.12. The Morgan fingerprint density at radius 2 is 1.94 bits per heavy atom. The van der Waals surface area contributed by atoms with Crippen LogP contribution < -0.4 is 5.32 Å². The fourth-order valence-electron chi connectivity index (χ4n) is 2.08. The van der Waals surface area contributed by atoms with Crippen LogP contribution in [-0.4, -0.2) is 37.2 Å². The number of carbonyl (C=O) groups is 1. The van der Waals surface area contributed by atoms with Gasteiger partial charge >= 0.3 is 6.03 Å². The Bertz CT molecular complexity index is 412. The maximum atomic E-state index is 12.1. The molecule has 1 aliphatic heterocycles. The molecule has 0 aliphatic carbocycles. The lowest BCUT2D eigenvalue weighted by Gasteiger charge is -2.27. The predicted octanol–water partition coefficient (Wildman–Crippen LogP) is 2.67. The zero-order chi connectivity index (χ0) is 13.0. The number of nitrogens with one attached hydrogen (secondary N) is 1. The number of ether oxygens (including phenoxy) is 1. The molecule has 1 N–H and O–H groups in total. The second-order valence-corrected chi connectivity index (χ2v) is 4.77. The summed E-state index contributed by atoms with van der Waals surface area (Å²) in [4.78, 5) is 13.9. The maximum Gasteiger partial charge on any atom is 0.322 e. The number of hydrogen-bond donors (Lipinski definition) is 1. The van der Waals surface area contributed by atoms with Crippen LogP contribution in [0.5, 0.6) is 0 Å². The predicted molar refractivity (Wildman–Crippen MR) is 71.9 cm³/mol. The summed E-state index contributed by atoms with van der Waals surface area (Å²) in [7, 11) is 0. The molecule has 2 amide bonds. The van der Waals surface area contributed by atoms with Crippen LogP contribution in [-0.2, 0) is 4.74 Å². The SMILES string of the molecule is CC(C)c1ccccc1NC(=O)N1CCOCC1. The Labute approximate surface area is 108 Å². The van der Waals surface area contributed by atoms with Crippen molar-refractivity contribution in [3.05, 3.63) is 29.8 Å². The molecule has 4 nitrogen and oxygen atoms in total. The second-order valence-electron chi connectivity index (χ2n) is 4.77. The van der Waals surface area contributed by atoms with Crippen molar-refractivity contribution < 1.29 is 9.53 Å². The van der Waals surface area contributed by atoms with Crippen LogP contribution in [0.2, 0.25) is 0 Å². The van der Waals surface area contributed by atoms with Crippen LogP contribution in [0.15, 0.2) is 24.3 Å². The molecule has 1 aromatic rings. The molecule has 0 saturated carbocycles. The third kappa shape index (κ3) is 3.01. The van der Waals surface area contributed by atoms with Crippen LogP contribution in [0.3, 0.4) is 0 Å². The number of rotatable bonds is 2. The first-order valence-electron chi connectivity index (χ1n) is 6.41. The highest BCUT2D eigenvalue weighted by Gasteiger charge is 2.17. The van der Waals surface area contributed by atoms with Gasteiger partial charge < -0.3 is 15.0 Å². The van der Waals surface area contributed by atoms with E-state index in [-0.39, 0.29) is 6.03 Å². The van der Waals surface area contributed by atoms with E-state index < -0.39 is 0 Å². The third-order valence-electron chi connectivity index (χ3n) is 3.12. The lowest BCUT2D eigenvalue weighted by molar-refractivity contribution is 0.0564. The Morgan fingerprint density at radius 1 is 1.28 bits per heavy atom. The topological polar surface area (TPSA) is 41.6 Å². The molecule has 0 atom stereocenters. The van der Waals surface area contributed by atoms with Gasteiger partial charge in [-0.1, -0.05) is 32.0 Å². The normalized spacial score (nSPS) is 15.8. The Balaban J connectivity index is 2.06. The van der Waals surface area contributed by atoms with Crippen molar-refractivity contribution >= 4 is 11.7 Å². The molecule has 0 unspecified atom stereocenters. The highest BCUT2D eigenvalue weighted by atomic mass is 16.5. The van der Waals surface area contributed by atoms with E-state index in [1.807, 2.05) is 18.2 Å². The zero-order valence-corrected chi connectivity index (χ0v) is 11.0. The number of benzene rings is 1. The molecule has 2 rings (SSSR count). The molecule has 4 heteroatoms. The quantitative estimate of drug-likeness (QED) is 0.874. The largest absolute Gasteiger partial charge is 0.378 e. The van der Waals surface area contributed by atoms with Gasteiger partial charge in [-0.15, -0.1) is 0 Å². The van der Waals surface area contributed by atoms with E-state index in [9.17, 15) is 4.79 Å².